The lowest BCUT2D eigenvalue weighted by atomic mass is 10.0. The van der Waals surface area contributed by atoms with E-state index in [9.17, 15) is 14.4 Å². The minimum atomic E-state index is -1.04. The third-order valence-corrected chi connectivity index (χ3v) is 6.55. The van der Waals surface area contributed by atoms with Crippen molar-refractivity contribution in [3.05, 3.63) is 94.8 Å². The van der Waals surface area contributed by atoms with E-state index in [4.69, 9.17) is 16.3 Å². The zero-order valence-electron chi connectivity index (χ0n) is 21.3. The Labute approximate surface area is 234 Å². The van der Waals surface area contributed by atoms with Crippen molar-refractivity contribution < 1.29 is 19.1 Å². The molecule has 2 aromatic carbocycles. The van der Waals surface area contributed by atoms with Crippen molar-refractivity contribution in [2.75, 3.05) is 6.61 Å². The molecule has 4 N–H and O–H groups in total. The number of aromatic nitrogens is 5. The highest BCUT2D eigenvalue weighted by atomic mass is 35.5. The molecule has 3 amide bonds. The average Bonchev–Trinajstić information content (AvgIpc) is 3.64. The highest BCUT2D eigenvalue weighted by Crippen LogP contribution is 2.23. The molecule has 1 aliphatic rings. The van der Waals surface area contributed by atoms with E-state index in [1.807, 2.05) is 30.3 Å². The van der Waals surface area contributed by atoms with Gasteiger partial charge in [-0.3, -0.25) is 14.4 Å². The number of fused-ring (bicyclic) bond motifs is 3. The van der Waals surface area contributed by atoms with Gasteiger partial charge < -0.3 is 25.7 Å². The molecule has 0 aliphatic carbocycles. The molecule has 0 unspecified atom stereocenters. The van der Waals surface area contributed by atoms with Gasteiger partial charge in [0.05, 0.1) is 31.2 Å². The fraction of sp³-hybridized carbons (Fsp3) is 0.259. The number of amides is 3. The summed E-state index contributed by atoms with van der Waals surface area (Å²) >= 11 is 6.20. The van der Waals surface area contributed by atoms with Gasteiger partial charge in [-0.15, -0.1) is 5.10 Å². The number of nitrogens with one attached hydrogen (secondary N) is 4. The molecule has 40 heavy (non-hydrogen) atoms. The molecule has 1 aliphatic heterocycles. The molecular weight excluding hydrogens is 536 g/mol. The number of rotatable bonds is 4. The Morgan fingerprint density at radius 2 is 1.82 bits per heavy atom. The van der Waals surface area contributed by atoms with Crippen molar-refractivity contribution >= 4 is 29.3 Å². The zero-order chi connectivity index (χ0) is 27.9. The summed E-state index contributed by atoms with van der Waals surface area (Å²) in [5.41, 5.74) is 2.19. The molecule has 0 radical (unpaired) electrons. The minimum Gasteiger partial charge on any atom is -0.491 e. The van der Waals surface area contributed by atoms with Crippen LogP contribution in [0.5, 0.6) is 5.75 Å². The topological polar surface area (TPSA) is 156 Å². The van der Waals surface area contributed by atoms with Crippen molar-refractivity contribution in [2.24, 2.45) is 0 Å². The summed E-state index contributed by atoms with van der Waals surface area (Å²) in [6, 6.07) is 12.1. The number of ether oxygens (including phenoxy) is 1. The Morgan fingerprint density at radius 1 is 1.00 bits per heavy atom. The summed E-state index contributed by atoms with van der Waals surface area (Å²) in [6.45, 7) is 0.661. The van der Waals surface area contributed by atoms with Gasteiger partial charge in [0.2, 0.25) is 11.8 Å². The van der Waals surface area contributed by atoms with Crippen LogP contribution in [0.25, 0.3) is 0 Å². The molecule has 0 spiro atoms. The maximum atomic E-state index is 13.6. The molecule has 4 aromatic rings. The lowest BCUT2D eigenvalue weighted by molar-refractivity contribution is -0.130. The van der Waals surface area contributed by atoms with Crippen LogP contribution >= 0.6 is 11.6 Å². The lowest BCUT2D eigenvalue weighted by Crippen LogP contribution is -2.55. The second-order valence-corrected chi connectivity index (χ2v) is 9.67. The van der Waals surface area contributed by atoms with Gasteiger partial charge in [0.15, 0.2) is 0 Å². The number of hydrogen-bond donors (Lipinski definition) is 4. The molecular formula is C27H27ClN8O4. The number of benzene rings is 2. The number of carbonyl (C=O) groups is 3. The first-order valence-electron chi connectivity index (χ1n) is 12.7. The fourth-order valence-electron chi connectivity index (χ4n) is 4.28. The van der Waals surface area contributed by atoms with E-state index in [2.05, 4.69) is 36.2 Å². The van der Waals surface area contributed by atoms with E-state index in [-0.39, 0.29) is 31.6 Å². The summed E-state index contributed by atoms with van der Waals surface area (Å²) in [7, 11) is 0. The van der Waals surface area contributed by atoms with Crippen LogP contribution in [0.1, 0.15) is 27.3 Å². The molecule has 2 aromatic heterocycles. The maximum absolute atomic E-state index is 13.6. The Balaban J connectivity index is 1.47. The lowest BCUT2D eigenvalue weighted by Gasteiger charge is -2.23. The Hall–Kier alpha value is -4.71. The van der Waals surface area contributed by atoms with Crippen LogP contribution < -0.4 is 20.7 Å². The summed E-state index contributed by atoms with van der Waals surface area (Å²) in [5, 5.41) is 17.0. The monoisotopic (exact) mass is 562 g/mol. The van der Waals surface area contributed by atoms with Gasteiger partial charge in [-0.2, -0.15) is 0 Å². The molecule has 0 saturated carbocycles. The summed E-state index contributed by atoms with van der Waals surface area (Å²) in [4.78, 5) is 47.4. The van der Waals surface area contributed by atoms with Gasteiger partial charge in [0.25, 0.3) is 5.91 Å². The number of imidazole rings is 1. The third-order valence-electron chi connectivity index (χ3n) is 6.31. The van der Waals surface area contributed by atoms with Crippen LogP contribution in [0.15, 0.2) is 67.3 Å². The van der Waals surface area contributed by atoms with E-state index in [1.165, 1.54) is 12.4 Å². The highest BCUT2D eigenvalue weighted by Gasteiger charge is 2.29. The second kappa shape index (κ2) is 12.4. The Kier molecular flexibility index (Phi) is 8.35. The molecule has 206 valence electrons. The first-order valence-corrected chi connectivity index (χ1v) is 13.0. The van der Waals surface area contributed by atoms with Crippen LogP contribution in [0.2, 0.25) is 5.02 Å². The molecule has 3 heterocycles. The van der Waals surface area contributed by atoms with Crippen LogP contribution in [-0.4, -0.2) is 61.4 Å². The van der Waals surface area contributed by atoms with Gasteiger partial charge >= 0.3 is 0 Å². The summed E-state index contributed by atoms with van der Waals surface area (Å²) in [6.07, 6.45) is 5.09. The standard InChI is InChI=1S/C27H27ClN8O4/c28-18-6-7-24-21(11-18)25(37)32-23(12-19-13-29-16-31-19)27(39)33-22(10-17-4-2-1-3-5-17)26(38)30-14-20-15-36(35-34-20)8-9-40-24/h1-7,11,13,15-16,22-23H,8-10,12,14H2,(H,29,31)(H,30,38)(H,32,37)(H,33,39)/t22-,23+/m1/s1. The van der Waals surface area contributed by atoms with Crippen molar-refractivity contribution in [1.29, 1.82) is 0 Å². The summed E-state index contributed by atoms with van der Waals surface area (Å²) < 4.78 is 7.46. The number of aromatic amines is 1. The second-order valence-electron chi connectivity index (χ2n) is 9.24. The summed E-state index contributed by atoms with van der Waals surface area (Å²) in [5.74, 6) is -1.21. The first-order chi connectivity index (χ1) is 19.4. The van der Waals surface area contributed by atoms with Crippen LogP contribution in [-0.2, 0) is 35.5 Å². The van der Waals surface area contributed by atoms with E-state index in [0.717, 1.165) is 5.56 Å². The van der Waals surface area contributed by atoms with Gasteiger partial charge in [-0.05, 0) is 23.8 Å². The zero-order valence-corrected chi connectivity index (χ0v) is 22.1. The molecule has 5 rings (SSSR count). The largest absolute Gasteiger partial charge is 0.491 e. The SMILES string of the molecule is O=C1N[C@@H](Cc2cnc[nH]2)C(=O)N[C@H](Cc2ccccc2)C(=O)NCc2cn(nn2)CCOc2ccc(Cl)cc21. The number of hydrogen-bond acceptors (Lipinski definition) is 7. The van der Waals surface area contributed by atoms with Crippen LogP contribution in [0, 0.1) is 0 Å². The van der Waals surface area contributed by atoms with Gasteiger partial charge in [-0.1, -0.05) is 47.1 Å². The van der Waals surface area contributed by atoms with Crippen LogP contribution in [0.3, 0.4) is 0 Å². The highest BCUT2D eigenvalue weighted by molar-refractivity contribution is 6.31. The van der Waals surface area contributed by atoms with Gasteiger partial charge in [-0.25, -0.2) is 9.67 Å². The van der Waals surface area contributed by atoms with E-state index in [0.29, 0.717) is 28.7 Å². The van der Waals surface area contributed by atoms with E-state index < -0.39 is 29.8 Å². The Bertz CT molecular complexity index is 1470. The predicted molar refractivity (Wildman–Crippen MR) is 144 cm³/mol. The number of halogens is 1. The fourth-order valence-corrected chi connectivity index (χ4v) is 4.45. The molecule has 12 nitrogen and oxygen atoms in total. The number of H-pyrrole nitrogens is 1. The van der Waals surface area contributed by atoms with E-state index >= 15 is 0 Å². The van der Waals surface area contributed by atoms with Crippen molar-refractivity contribution in [1.82, 2.24) is 40.9 Å². The average molecular weight is 563 g/mol. The van der Waals surface area contributed by atoms with Crippen molar-refractivity contribution in [3.8, 4) is 5.75 Å². The van der Waals surface area contributed by atoms with Crippen molar-refractivity contribution in [2.45, 2.75) is 38.0 Å². The molecule has 13 heteroatoms. The molecule has 0 saturated heterocycles. The first kappa shape index (κ1) is 26.9. The van der Waals surface area contributed by atoms with Crippen LogP contribution in [0.4, 0.5) is 0 Å². The van der Waals surface area contributed by atoms with Crippen molar-refractivity contribution in [3.63, 3.8) is 0 Å². The number of nitrogens with zero attached hydrogens (tertiary/aromatic N) is 4. The molecule has 2 bridgehead atoms. The molecule has 0 fully saturated rings. The number of carbonyl (C=O) groups excluding carboxylic acids is 3. The smallest absolute Gasteiger partial charge is 0.255 e. The normalized spacial score (nSPS) is 18.5. The van der Waals surface area contributed by atoms with Gasteiger partial charge in [0.1, 0.15) is 30.1 Å². The quantitative estimate of drug-likeness (QED) is 0.293. The maximum Gasteiger partial charge on any atom is 0.255 e. The predicted octanol–water partition coefficient (Wildman–Crippen LogP) is 1.43. The minimum absolute atomic E-state index is 0.107. The third kappa shape index (κ3) is 6.83. The van der Waals surface area contributed by atoms with Gasteiger partial charge in [0, 0.05) is 29.8 Å². The Morgan fingerprint density at radius 3 is 2.62 bits per heavy atom. The van der Waals surface area contributed by atoms with E-state index in [1.54, 1.807) is 29.2 Å². The molecule has 2 atom stereocenters.